The van der Waals surface area contributed by atoms with Crippen molar-refractivity contribution in [2.24, 2.45) is 0 Å². The zero-order valence-electron chi connectivity index (χ0n) is 20.1. The molecule has 0 unspecified atom stereocenters. The smallest absolute Gasteiger partial charge is 0.328 e. The topological polar surface area (TPSA) is 92.8 Å². The molecule has 7 nitrogen and oxygen atoms in total. The number of anilines is 1. The summed E-state index contributed by atoms with van der Waals surface area (Å²) in [6, 6.07) is 21.7. The highest BCUT2D eigenvalue weighted by Crippen LogP contribution is 2.26. The summed E-state index contributed by atoms with van der Waals surface area (Å²) in [5.41, 5.74) is 2.84. The summed E-state index contributed by atoms with van der Waals surface area (Å²) >= 11 is 0. The Morgan fingerprint density at radius 2 is 1.54 bits per heavy atom. The molecule has 0 spiro atoms. The van der Waals surface area contributed by atoms with Crippen molar-refractivity contribution in [2.75, 3.05) is 17.5 Å². The Kier molecular flexibility index (Phi) is 8.65. The van der Waals surface area contributed by atoms with Crippen molar-refractivity contribution in [2.45, 2.75) is 38.1 Å². The van der Waals surface area contributed by atoms with Gasteiger partial charge in [0.2, 0.25) is 5.91 Å². The Morgan fingerprint density at radius 1 is 0.914 bits per heavy atom. The SMILES string of the molecule is CCOC(=O)[C@H](Cc1ccccc1)NC(=O)CN(c1ccccc1C)S(=O)(=O)c1ccc(C)cc1. The number of rotatable bonds is 10. The maximum atomic E-state index is 13.6. The van der Waals surface area contributed by atoms with Gasteiger partial charge in [0.05, 0.1) is 17.2 Å². The Labute approximate surface area is 206 Å². The van der Waals surface area contributed by atoms with Gasteiger partial charge in [0.1, 0.15) is 12.6 Å². The molecule has 0 radical (unpaired) electrons. The first kappa shape index (κ1) is 26.0. The van der Waals surface area contributed by atoms with Crippen molar-refractivity contribution in [1.29, 1.82) is 0 Å². The molecule has 184 valence electrons. The van der Waals surface area contributed by atoms with E-state index >= 15 is 0 Å². The van der Waals surface area contributed by atoms with Crippen LogP contribution in [0.2, 0.25) is 0 Å². The van der Waals surface area contributed by atoms with Crippen LogP contribution in [-0.4, -0.2) is 39.5 Å². The molecule has 0 saturated heterocycles. The average molecular weight is 495 g/mol. The third-order valence-electron chi connectivity index (χ3n) is 5.47. The largest absolute Gasteiger partial charge is 0.464 e. The van der Waals surface area contributed by atoms with E-state index in [-0.39, 0.29) is 17.9 Å². The lowest BCUT2D eigenvalue weighted by molar-refractivity contribution is -0.147. The molecule has 0 fully saturated rings. The van der Waals surface area contributed by atoms with Crippen LogP contribution in [0.3, 0.4) is 0 Å². The van der Waals surface area contributed by atoms with Crippen molar-refractivity contribution in [1.82, 2.24) is 5.32 Å². The summed E-state index contributed by atoms with van der Waals surface area (Å²) in [4.78, 5) is 25.8. The van der Waals surface area contributed by atoms with Gasteiger partial charge in [-0.3, -0.25) is 9.10 Å². The number of carbonyl (C=O) groups excluding carboxylic acids is 2. The highest BCUT2D eigenvalue weighted by molar-refractivity contribution is 7.92. The highest BCUT2D eigenvalue weighted by atomic mass is 32.2. The number of para-hydroxylation sites is 1. The number of benzene rings is 3. The van der Waals surface area contributed by atoms with Crippen LogP contribution in [0.1, 0.15) is 23.6 Å². The van der Waals surface area contributed by atoms with Gasteiger partial charge < -0.3 is 10.1 Å². The van der Waals surface area contributed by atoms with Crippen molar-refractivity contribution >= 4 is 27.6 Å². The van der Waals surface area contributed by atoms with Gasteiger partial charge in [0.15, 0.2) is 0 Å². The lowest BCUT2D eigenvalue weighted by Crippen LogP contribution is -2.48. The molecule has 1 amide bonds. The predicted molar refractivity (Wildman–Crippen MR) is 136 cm³/mol. The number of hydrogen-bond acceptors (Lipinski definition) is 5. The van der Waals surface area contributed by atoms with Crippen LogP contribution in [0.4, 0.5) is 5.69 Å². The van der Waals surface area contributed by atoms with Crippen molar-refractivity contribution in [3.8, 4) is 0 Å². The molecular weight excluding hydrogens is 464 g/mol. The zero-order chi connectivity index (χ0) is 25.4. The summed E-state index contributed by atoms with van der Waals surface area (Å²) < 4.78 is 33.4. The first-order valence-electron chi connectivity index (χ1n) is 11.4. The lowest BCUT2D eigenvalue weighted by Gasteiger charge is -2.26. The fraction of sp³-hybridized carbons (Fsp3) is 0.259. The summed E-state index contributed by atoms with van der Waals surface area (Å²) in [6.07, 6.45) is 0.223. The molecule has 3 aromatic carbocycles. The standard InChI is InChI=1S/C27H30N2O5S/c1-4-34-27(31)24(18-22-11-6-5-7-12-22)28-26(30)19-29(25-13-9-8-10-21(25)3)35(32,33)23-16-14-20(2)15-17-23/h5-17,24H,4,18-19H2,1-3H3,(H,28,30)/t24-/m0/s1. The first-order chi connectivity index (χ1) is 16.7. The van der Waals surface area contributed by atoms with E-state index < -0.39 is 34.5 Å². The van der Waals surface area contributed by atoms with Gasteiger partial charge in [0.25, 0.3) is 10.0 Å². The van der Waals surface area contributed by atoms with Crippen LogP contribution < -0.4 is 9.62 Å². The number of nitrogens with one attached hydrogen (secondary N) is 1. The minimum Gasteiger partial charge on any atom is -0.464 e. The van der Waals surface area contributed by atoms with Crippen LogP contribution in [0, 0.1) is 13.8 Å². The molecular formula is C27H30N2O5S. The number of nitrogens with zero attached hydrogens (tertiary/aromatic N) is 1. The second kappa shape index (κ2) is 11.7. The number of sulfonamides is 1. The molecule has 0 heterocycles. The maximum Gasteiger partial charge on any atom is 0.328 e. The second-order valence-corrected chi connectivity index (χ2v) is 10.0. The molecule has 0 saturated carbocycles. The second-order valence-electron chi connectivity index (χ2n) is 8.17. The quantitative estimate of drug-likeness (QED) is 0.433. The van der Waals surface area contributed by atoms with E-state index in [1.807, 2.05) is 37.3 Å². The molecule has 35 heavy (non-hydrogen) atoms. The van der Waals surface area contributed by atoms with Crippen LogP contribution in [0.15, 0.2) is 83.8 Å². The van der Waals surface area contributed by atoms with Crippen LogP contribution in [0.5, 0.6) is 0 Å². The van der Waals surface area contributed by atoms with Gasteiger partial charge >= 0.3 is 5.97 Å². The van der Waals surface area contributed by atoms with E-state index in [4.69, 9.17) is 4.74 Å². The number of esters is 1. The summed E-state index contributed by atoms with van der Waals surface area (Å²) in [6.45, 7) is 5.00. The molecule has 0 bridgehead atoms. The molecule has 1 atom stereocenters. The Hall–Kier alpha value is -3.65. The Bertz CT molecular complexity index is 1260. The van der Waals surface area contributed by atoms with E-state index in [9.17, 15) is 18.0 Å². The van der Waals surface area contributed by atoms with E-state index in [1.165, 1.54) is 12.1 Å². The van der Waals surface area contributed by atoms with Crippen molar-refractivity contribution in [3.63, 3.8) is 0 Å². The van der Waals surface area contributed by atoms with Gasteiger partial charge in [0, 0.05) is 6.42 Å². The average Bonchev–Trinajstić information content (AvgIpc) is 2.84. The Balaban J connectivity index is 1.91. The van der Waals surface area contributed by atoms with Crippen LogP contribution in [-0.2, 0) is 30.8 Å². The third kappa shape index (κ3) is 6.70. The minimum atomic E-state index is -4.06. The summed E-state index contributed by atoms with van der Waals surface area (Å²) in [7, 11) is -4.06. The van der Waals surface area contributed by atoms with Gasteiger partial charge in [-0.05, 0) is 50.1 Å². The monoisotopic (exact) mass is 494 g/mol. The summed E-state index contributed by atoms with van der Waals surface area (Å²) in [5.74, 6) is -1.19. The van der Waals surface area contributed by atoms with Gasteiger partial charge in [-0.25, -0.2) is 13.2 Å². The van der Waals surface area contributed by atoms with Crippen LogP contribution >= 0.6 is 0 Å². The predicted octanol–water partition coefficient (Wildman–Crippen LogP) is 3.79. The van der Waals surface area contributed by atoms with E-state index in [2.05, 4.69) is 5.32 Å². The number of carbonyl (C=O) groups is 2. The maximum absolute atomic E-state index is 13.6. The number of hydrogen-bond donors (Lipinski definition) is 1. The molecule has 0 aliphatic carbocycles. The lowest BCUT2D eigenvalue weighted by atomic mass is 10.1. The minimum absolute atomic E-state index is 0.0744. The fourth-order valence-corrected chi connectivity index (χ4v) is 5.12. The molecule has 8 heteroatoms. The van der Waals surface area contributed by atoms with Crippen LogP contribution in [0.25, 0.3) is 0 Å². The van der Waals surface area contributed by atoms with E-state index in [0.717, 1.165) is 15.4 Å². The van der Waals surface area contributed by atoms with Crippen molar-refractivity contribution in [3.05, 3.63) is 95.6 Å². The summed E-state index contributed by atoms with van der Waals surface area (Å²) in [5, 5.41) is 2.68. The van der Waals surface area contributed by atoms with Crippen molar-refractivity contribution < 1.29 is 22.7 Å². The first-order valence-corrected chi connectivity index (χ1v) is 12.8. The zero-order valence-corrected chi connectivity index (χ0v) is 20.9. The molecule has 1 N–H and O–H groups in total. The number of amides is 1. The Morgan fingerprint density at radius 3 is 2.17 bits per heavy atom. The van der Waals surface area contributed by atoms with Gasteiger partial charge in [-0.15, -0.1) is 0 Å². The highest BCUT2D eigenvalue weighted by Gasteiger charge is 2.30. The third-order valence-corrected chi connectivity index (χ3v) is 7.24. The van der Waals surface area contributed by atoms with Gasteiger partial charge in [-0.2, -0.15) is 0 Å². The molecule has 3 rings (SSSR count). The molecule has 3 aromatic rings. The van der Waals surface area contributed by atoms with E-state index in [1.54, 1.807) is 50.2 Å². The number of ether oxygens (including phenoxy) is 1. The normalized spacial score (nSPS) is 12.0. The fourth-order valence-electron chi connectivity index (χ4n) is 3.64. The van der Waals surface area contributed by atoms with Gasteiger partial charge in [-0.1, -0.05) is 66.2 Å². The van der Waals surface area contributed by atoms with E-state index in [0.29, 0.717) is 11.3 Å². The molecule has 0 aromatic heterocycles. The molecule has 0 aliphatic rings. The number of aryl methyl sites for hydroxylation is 2. The molecule has 0 aliphatic heterocycles.